The largest absolute Gasteiger partial charge is 0.396 e. The Bertz CT molecular complexity index is 687. The Morgan fingerprint density at radius 2 is 1.77 bits per heavy atom. The van der Waals surface area contributed by atoms with E-state index in [-0.39, 0.29) is 46.8 Å². The zero-order valence-corrected chi connectivity index (χ0v) is 21.4. The second kappa shape index (κ2) is 10.6. The number of benzene rings is 1. The van der Waals surface area contributed by atoms with E-state index >= 15 is 0 Å². The molecule has 1 aliphatic heterocycles. The van der Waals surface area contributed by atoms with Crippen molar-refractivity contribution in [1.82, 2.24) is 10.6 Å². The average molecular weight is 530 g/mol. The number of aliphatic imine (C=N–C) groups is 1. The fourth-order valence-corrected chi connectivity index (χ4v) is 4.55. The fourth-order valence-electron chi connectivity index (χ4n) is 4.55. The summed E-state index contributed by atoms with van der Waals surface area (Å²) in [6.07, 6.45) is 5.47. The number of rotatable bonds is 7. The van der Waals surface area contributed by atoms with Crippen molar-refractivity contribution in [3.8, 4) is 0 Å². The second-order valence-electron chi connectivity index (χ2n) is 10.0. The van der Waals surface area contributed by atoms with Crippen molar-refractivity contribution in [1.29, 1.82) is 0 Å². The summed E-state index contributed by atoms with van der Waals surface area (Å²) in [4.78, 5) is 4.43. The van der Waals surface area contributed by atoms with E-state index in [0.29, 0.717) is 6.61 Å². The molecule has 1 aromatic rings. The molecule has 2 aliphatic rings. The van der Waals surface area contributed by atoms with Gasteiger partial charge in [0.05, 0.1) is 6.61 Å². The lowest BCUT2D eigenvalue weighted by Crippen LogP contribution is -2.50. The summed E-state index contributed by atoms with van der Waals surface area (Å²) >= 11 is 0. The van der Waals surface area contributed by atoms with Gasteiger partial charge in [-0.15, -0.1) is 24.0 Å². The normalized spacial score (nSPS) is 23.4. The monoisotopic (exact) mass is 529 g/mol. The standard InChI is InChI=1S/C24H39N3O2.HI/c1-22(2,3)19-6-8-20(9-7-19)24(10-5-11-24)17-27-21(25-4)26-16-23(12-14-28)13-15-29-18-23;/h6-9,28H,5,10-18H2,1-4H3,(H2,25,26,27);1H. The molecule has 170 valence electrons. The van der Waals surface area contributed by atoms with Crippen molar-refractivity contribution < 1.29 is 9.84 Å². The molecule has 0 amide bonds. The maximum Gasteiger partial charge on any atom is 0.191 e. The van der Waals surface area contributed by atoms with Crippen LogP contribution in [-0.2, 0) is 15.6 Å². The molecular formula is C24H40IN3O2. The Hall–Kier alpha value is -0.860. The maximum absolute atomic E-state index is 9.43. The van der Waals surface area contributed by atoms with Gasteiger partial charge in [-0.3, -0.25) is 4.99 Å². The summed E-state index contributed by atoms with van der Waals surface area (Å²) < 4.78 is 5.60. The van der Waals surface area contributed by atoms with Crippen molar-refractivity contribution in [3.63, 3.8) is 0 Å². The zero-order chi connectivity index (χ0) is 21.0. The number of aliphatic hydroxyl groups is 1. The number of nitrogens with one attached hydrogen (secondary N) is 2. The van der Waals surface area contributed by atoms with Gasteiger partial charge in [0.2, 0.25) is 0 Å². The summed E-state index contributed by atoms with van der Waals surface area (Å²) in [6, 6.07) is 9.23. The lowest BCUT2D eigenvalue weighted by atomic mass is 9.64. The second-order valence-corrected chi connectivity index (χ2v) is 10.0. The van der Waals surface area contributed by atoms with Crippen molar-refractivity contribution in [3.05, 3.63) is 35.4 Å². The van der Waals surface area contributed by atoms with Crippen LogP contribution in [0.2, 0.25) is 0 Å². The van der Waals surface area contributed by atoms with Gasteiger partial charge in [-0.2, -0.15) is 0 Å². The summed E-state index contributed by atoms with van der Waals surface area (Å²) in [7, 11) is 1.82. The molecule has 0 radical (unpaired) electrons. The minimum Gasteiger partial charge on any atom is -0.396 e. The van der Waals surface area contributed by atoms with Crippen molar-refractivity contribution in [2.75, 3.05) is 40.0 Å². The van der Waals surface area contributed by atoms with Crippen molar-refractivity contribution in [2.24, 2.45) is 10.4 Å². The van der Waals surface area contributed by atoms with E-state index in [2.05, 4.69) is 60.7 Å². The molecule has 3 N–H and O–H groups in total. The topological polar surface area (TPSA) is 65.9 Å². The van der Waals surface area contributed by atoms with Gasteiger partial charge in [-0.05, 0) is 42.2 Å². The van der Waals surface area contributed by atoms with Crippen LogP contribution in [0.3, 0.4) is 0 Å². The highest BCUT2D eigenvalue weighted by Gasteiger charge is 2.39. The highest BCUT2D eigenvalue weighted by Crippen LogP contribution is 2.43. The zero-order valence-electron chi connectivity index (χ0n) is 19.1. The fraction of sp³-hybridized carbons (Fsp3) is 0.708. The van der Waals surface area contributed by atoms with Crippen LogP contribution < -0.4 is 10.6 Å². The third-order valence-corrected chi connectivity index (χ3v) is 6.95. The Morgan fingerprint density at radius 3 is 2.23 bits per heavy atom. The molecule has 1 aromatic carbocycles. The number of ether oxygens (including phenoxy) is 1. The molecule has 1 aliphatic carbocycles. The molecule has 30 heavy (non-hydrogen) atoms. The smallest absolute Gasteiger partial charge is 0.191 e. The van der Waals surface area contributed by atoms with Gasteiger partial charge in [0.15, 0.2) is 5.96 Å². The molecule has 1 atom stereocenters. The number of guanidine groups is 1. The van der Waals surface area contributed by atoms with E-state index in [1.54, 1.807) is 0 Å². The first-order valence-electron chi connectivity index (χ1n) is 11.1. The molecule has 1 saturated heterocycles. The van der Waals surface area contributed by atoms with Crippen LogP contribution in [0, 0.1) is 5.41 Å². The summed E-state index contributed by atoms with van der Waals surface area (Å²) in [5, 5.41) is 16.5. The molecule has 0 bridgehead atoms. The molecule has 1 saturated carbocycles. The summed E-state index contributed by atoms with van der Waals surface area (Å²) in [6.45, 7) is 10.1. The number of hydrogen-bond donors (Lipinski definition) is 3. The molecule has 5 nitrogen and oxygen atoms in total. The summed E-state index contributed by atoms with van der Waals surface area (Å²) in [5.74, 6) is 0.840. The quantitative estimate of drug-likeness (QED) is 0.284. The molecule has 1 heterocycles. The molecule has 1 unspecified atom stereocenters. The minimum absolute atomic E-state index is 0. The van der Waals surface area contributed by atoms with Gasteiger partial charge in [0.25, 0.3) is 0 Å². The Morgan fingerprint density at radius 1 is 1.10 bits per heavy atom. The van der Waals surface area contributed by atoms with E-state index in [9.17, 15) is 5.11 Å². The van der Waals surface area contributed by atoms with Crippen LogP contribution in [0.5, 0.6) is 0 Å². The molecule has 0 aromatic heterocycles. The Kier molecular flexibility index (Phi) is 9.01. The van der Waals surface area contributed by atoms with Crippen LogP contribution in [0.25, 0.3) is 0 Å². The van der Waals surface area contributed by atoms with Gasteiger partial charge in [0, 0.05) is 44.2 Å². The third kappa shape index (κ3) is 5.88. The Balaban J connectivity index is 0.00000320. The lowest BCUT2D eigenvalue weighted by Gasteiger charge is -2.43. The number of hydrogen-bond acceptors (Lipinski definition) is 3. The summed E-state index contributed by atoms with van der Waals surface area (Å²) in [5.41, 5.74) is 3.22. The van der Waals surface area contributed by atoms with E-state index < -0.39 is 0 Å². The molecule has 2 fully saturated rings. The average Bonchev–Trinajstić information content (AvgIpc) is 3.12. The molecule has 3 rings (SSSR count). The lowest BCUT2D eigenvalue weighted by molar-refractivity contribution is 0.127. The van der Waals surface area contributed by atoms with E-state index in [4.69, 9.17) is 4.74 Å². The van der Waals surface area contributed by atoms with Gasteiger partial charge in [-0.1, -0.05) is 51.5 Å². The van der Waals surface area contributed by atoms with Gasteiger partial charge < -0.3 is 20.5 Å². The highest BCUT2D eigenvalue weighted by molar-refractivity contribution is 14.0. The van der Waals surface area contributed by atoms with Crippen LogP contribution in [0.15, 0.2) is 29.3 Å². The first-order chi connectivity index (χ1) is 13.8. The van der Waals surface area contributed by atoms with E-state index in [1.807, 2.05) is 7.05 Å². The van der Waals surface area contributed by atoms with Crippen LogP contribution >= 0.6 is 24.0 Å². The van der Waals surface area contributed by atoms with Crippen LogP contribution in [-0.4, -0.2) is 51.0 Å². The van der Waals surface area contributed by atoms with Crippen molar-refractivity contribution >= 4 is 29.9 Å². The van der Waals surface area contributed by atoms with Crippen LogP contribution in [0.4, 0.5) is 0 Å². The van der Waals surface area contributed by atoms with Gasteiger partial charge in [-0.25, -0.2) is 0 Å². The number of aliphatic hydroxyl groups excluding tert-OH is 1. The minimum atomic E-state index is 0. The Labute approximate surface area is 199 Å². The van der Waals surface area contributed by atoms with Gasteiger partial charge >= 0.3 is 0 Å². The third-order valence-electron chi connectivity index (χ3n) is 6.95. The van der Waals surface area contributed by atoms with E-state index in [0.717, 1.165) is 38.5 Å². The predicted octanol–water partition coefficient (Wildman–Crippen LogP) is 3.98. The van der Waals surface area contributed by atoms with Gasteiger partial charge in [0.1, 0.15) is 0 Å². The molecule has 6 heteroatoms. The SMILES string of the molecule is CN=C(NCC1(CCO)CCOC1)NCC1(c2ccc(C(C)(C)C)cc2)CCC1.I. The first kappa shape index (κ1) is 25.4. The van der Waals surface area contributed by atoms with Crippen LogP contribution in [0.1, 0.15) is 64.0 Å². The number of halogens is 1. The first-order valence-corrected chi connectivity index (χ1v) is 11.1. The highest BCUT2D eigenvalue weighted by atomic mass is 127. The number of nitrogens with zero attached hydrogens (tertiary/aromatic N) is 1. The molecular weight excluding hydrogens is 489 g/mol. The van der Waals surface area contributed by atoms with E-state index in [1.165, 1.54) is 30.4 Å². The predicted molar refractivity (Wildman–Crippen MR) is 135 cm³/mol. The molecule has 0 spiro atoms. The van der Waals surface area contributed by atoms with Crippen molar-refractivity contribution in [2.45, 2.75) is 63.7 Å². The maximum atomic E-state index is 9.43.